The van der Waals surface area contributed by atoms with Gasteiger partial charge in [-0.3, -0.25) is 0 Å². The summed E-state index contributed by atoms with van der Waals surface area (Å²) in [4.78, 5) is 0.822. The van der Waals surface area contributed by atoms with E-state index in [9.17, 15) is 0 Å². The van der Waals surface area contributed by atoms with Crippen LogP contribution < -0.4 is 9.47 Å². The molecule has 0 atom stereocenters. The lowest BCUT2D eigenvalue weighted by atomic mass is 10.3. The van der Waals surface area contributed by atoms with Crippen molar-refractivity contribution in [2.24, 2.45) is 0 Å². The maximum Gasteiger partial charge on any atom is 0.149 e. The molecule has 0 saturated heterocycles. The number of hydrogen-bond donors (Lipinski definition) is 1. The number of thiol groups is 1. The minimum Gasteiger partial charge on any atom is -0.496 e. The van der Waals surface area contributed by atoms with Gasteiger partial charge in [-0.2, -0.15) is 0 Å². The first-order valence-electron chi connectivity index (χ1n) is 3.30. The Hall–Kier alpha value is -0.100. The molecule has 0 saturated carbocycles. The molecule has 66 valence electrons. The van der Waals surface area contributed by atoms with E-state index in [1.165, 1.54) is 0 Å². The monoisotopic (exact) mass is 296 g/mol. The molecule has 0 aliphatic rings. The van der Waals surface area contributed by atoms with Crippen molar-refractivity contribution in [3.05, 3.63) is 15.7 Å². The number of rotatable bonds is 2. The van der Waals surface area contributed by atoms with Crippen molar-refractivity contribution in [3.63, 3.8) is 0 Å². The predicted octanol–water partition coefficient (Wildman–Crippen LogP) is 2.60. The minimum absolute atomic E-state index is 0.762. The molecule has 0 aliphatic heterocycles. The maximum absolute atomic E-state index is 5.15. The van der Waals surface area contributed by atoms with Crippen molar-refractivity contribution in [1.29, 1.82) is 0 Å². The number of benzene rings is 1. The summed E-state index contributed by atoms with van der Waals surface area (Å²) < 4.78 is 11.2. The highest BCUT2D eigenvalue weighted by Crippen LogP contribution is 2.34. The summed E-state index contributed by atoms with van der Waals surface area (Å²) in [7, 11) is 3.26. The Morgan fingerprint density at radius 2 is 1.92 bits per heavy atom. The van der Waals surface area contributed by atoms with Gasteiger partial charge < -0.3 is 9.47 Å². The van der Waals surface area contributed by atoms with E-state index in [-0.39, 0.29) is 0 Å². The van der Waals surface area contributed by atoms with Crippen LogP contribution in [-0.4, -0.2) is 14.2 Å². The van der Waals surface area contributed by atoms with E-state index in [4.69, 9.17) is 9.47 Å². The molecular weight excluding hydrogens is 287 g/mol. The fourth-order valence-corrected chi connectivity index (χ4v) is 2.28. The summed E-state index contributed by atoms with van der Waals surface area (Å²) in [6.07, 6.45) is 0. The first-order valence-corrected chi connectivity index (χ1v) is 4.82. The molecule has 1 aromatic carbocycles. The van der Waals surface area contributed by atoms with Gasteiger partial charge in [0.2, 0.25) is 0 Å². The Labute approximate surface area is 90.8 Å². The Balaban J connectivity index is 3.24. The van der Waals surface area contributed by atoms with Crippen LogP contribution in [0, 0.1) is 3.57 Å². The first kappa shape index (κ1) is 9.98. The van der Waals surface area contributed by atoms with Crippen LogP contribution in [0.1, 0.15) is 0 Å². The number of methoxy groups -OCH3 is 2. The van der Waals surface area contributed by atoms with E-state index in [0.717, 1.165) is 20.0 Å². The lowest BCUT2D eigenvalue weighted by molar-refractivity contribution is 0.382. The average Bonchev–Trinajstić information content (AvgIpc) is 2.06. The minimum atomic E-state index is 0.762. The van der Waals surface area contributed by atoms with E-state index in [1.807, 2.05) is 12.1 Å². The quantitative estimate of drug-likeness (QED) is 0.668. The highest BCUT2D eigenvalue weighted by atomic mass is 127. The van der Waals surface area contributed by atoms with Crippen LogP contribution in [0.4, 0.5) is 0 Å². The zero-order chi connectivity index (χ0) is 9.14. The largest absolute Gasteiger partial charge is 0.496 e. The summed E-state index contributed by atoms with van der Waals surface area (Å²) >= 11 is 6.42. The third kappa shape index (κ3) is 1.80. The summed E-state index contributed by atoms with van der Waals surface area (Å²) in [6, 6.07) is 3.72. The van der Waals surface area contributed by atoms with Crippen LogP contribution >= 0.6 is 35.2 Å². The van der Waals surface area contributed by atoms with E-state index in [0.29, 0.717) is 0 Å². The standard InChI is InChI=1S/C8H9IO2S/c1-10-5-3-4-6(12)8(11-2)7(5)9/h3-4,12H,1-2H3. The topological polar surface area (TPSA) is 18.5 Å². The van der Waals surface area contributed by atoms with Crippen molar-refractivity contribution in [1.82, 2.24) is 0 Å². The first-order chi connectivity index (χ1) is 5.70. The molecule has 0 amide bonds. The molecule has 12 heavy (non-hydrogen) atoms. The molecule has 0 fully saturated rings. The van der Waals surface area contributed by atoms with Crippen LogP contribution in [0.15, 0.2) is 17.0 Å². The molecule has 0 spiro atoms. The zero-order valence-electron chi connectivity index (χ0n) is 6.80. The molecule has 1 aromatic rings. The highest BCUT2D eigenvalue weighted by Gasteiger charge is 2.09. The molecule has 1 rings (SSSR count). The molecule has 0 heterocycles. The molecule has 2 nitrogen and oxygen atoms in total. The second-order valence-corrected chi connectivity index (χ2v) is 3.69. The second kappa shape index (κ2) is 4.23. The number of hydrogen-bond acceptors (Lipinski definition) is 3. The van der Waals surface area contributed by atoms with Gasteiger partial charge in [-0.05, 0) is 34.7 Å². The molecule has 0 N–H and O–H groups in total. The van der Waals surface area contributed by atoms with Gasteiger partial charge in [0.15, 0.2) is 0 Å². The number of halogens is 1. The molecular formula is C8H9IO2S. The van der Waals surface area contributed by atoms with E-state index < -0.39 is 0 Å². The molecule has 0 aromatic heterocycles. The van der Waals surface area contributed by atoms with E-state index >= 15 is 0 Å². The molecule has 0 radical (unpaired) electrons. The van der Waals surface area contributed by atoms with Crippen molar-refractivity contribution in [2.45, 2.75) is 4.90 Å². The Bertz CT molecular complexity index is 289. The Morgan fingerprint density at radius 3 is 2.42 bits per heavy atom. The third-order valence-corrected chi connectivity index (χ3v) is 2.84. The van der Waals surface area contributed by atoms with Crippen molar-refractivity contribution >= 4 is 35.2 Å². The maximum atomic E-state index is 5.15. The normalized spacial score (nSPS) is 9.67. The van der Waals surface area contributed by atoms with Gasteiger partial charge in [0.25, 0.3) is 0 Å². The molecule has 4 heteroatoms. The van der Waals surface area contributed by atoms with Crippen LogP contribution in [0.5, 0.6) is 11.5 Å². The summed E-state index contributed by atoms with van der Waals surface area (Å²) in [5.74, 6) is 1.57. The summed E-state index contributed by atoms with van der Waals surface area (Å²) in [5.41, 5.74) is 0. The van der Waals surface area contributed by atoms with Crippen molar-refractivity contribution in [2.75, 3.05) is 14.2 Å². The molecule has 0 bridgehead atoms. The van der Waals surface area contributed by atoms with E-state index in [1.54, 1.807) is 14.2 Å². The van der Waals surface area contributed by atoms with Gasteiger partial charge >= 0.3 is 0 Å². The fraction of sp³-hybridized carbons (Fsp3) is 0.250. The van der Waals surface area contributed by atoms with Gasteiger partial charge in [-0.1, -0.05) is 0 Å². The predicted molar refractivity (Wildman–Crippen MR) is 59.5 cm³/mol. The smallest absolute Gasteiger partial charge is 0.149 e. The van der Waals surface area contributed by atoms with Gasteiger partial charge in [-0.15, -0.1) is 12.6 Å². The Kier molecular flexibility index (Phi) is 3.52. The highest BCUT2D eigenvalue weighted by molar-refractivity contribution is 14.1. The van der Waals surface area contributed by atoms with Crippen LogP contribution in [0.25, 0.3) is 0 Å². The van der Waals surface area contributed by atoms with Gasteiger partial charge in [-0.25, -0.2) is 0 Å². The van der Waals surface area contributed by atoms with Gasteiger partial charge in [0.05, 0.1) is 17.8 Å². The van der Waals surface area contributed by atoms with E-state index in [2.05, 4.69) is 35.2 Å². The van der Waals surface area contributed by atoms with Gasteiger partial charge in [0.1, 0.15) is 11.5 Å². The van der Waals surface area contributed by atoms with Crippen molar-refractivity contribution in [3.8, 4) is 11.5 Å². The second-order valence-electron chi connectivity index (χ2n) is 2.13. The zero-order valence-corrected chi connectivity index (χ0v) is 9.85. The lowest BCUT2D eigenvalue weighted by Crippen LogP contribution is -1.92. The average molecular weight is 296 g/mol. The Morgan fingerprint density at radius 1 is 1.25 bits per heavy atom. The van der Waals surface area contributed by atoms with Crippen LogP contribution in [0.2, 0.25) is 0 Å². The molecule has 0 aliphatic carbocycles. The SMILES string of the molecule is COc1ccc(S)c(OC)c1I. The van der Waals surface area contributed by atoms with Crippen molar-refractivity contribution < 1.29 is 9.47 Å². The lowest BCUT2D eigenvalue weighted by Gasteiger charge is -2.09. The van der Waals surface area contributed by atoms with Gasteiger partial charge in [0, 0.05) is 4.90 Å². The number of ether oxygens (including phenoxy) is 2. The summed E-state index contributed by atoms with van der Waals surface area (Å²) in [5, 5.41) is 0. The molecule has 0 unspecified atom stereocenters. The van der Waals surface area contributed by atoms with Crippen LogP contribution in [-0.2, 0) is 0 Å². The summed E-state index contributed by atoms with van der Waals surface area (Å²) in [6.45, 7) is 0. The fourth-order valence-electron chi connectivity index (χ4n) is 0.880. The third-order valence-electron chi connectivity index (χ3n) is 1.46. The van der Waals surface area contributed by atoms with Crippen LogP contribution in [0.3, 0.4) is 0 Å².